The summed E-state index contributed by atoms with van der Waals surface area (Å²) in [5.74, 6) is 0.866. The highest BCUT2D eigenvalue weighted by molar-refractivity contribution is 4.86. The number of nitrogens with zero attached hydrogens (tertiary/aromatic N) is 1. The molecule has 3 atom stereocenters. The lowest BCUT2D eigenvalue weighted by Gasteiger charge is -2.24. The number of nitrogens with one attached hydrogen (secondary N) is 1. The lowest BCUT2D eigenvalue weighted by Crippen LogP contribution is -2.37. The van der Waals surface area contributed by atoms with Gasteiger partial charge in [-0.2, -0.15) is 0 Å². The summed E-state index contributed by atoms with van der Waals surface area (Å²) in [4.78, 5) is 2.58. The van der Waals surface area contributed by atoms with E-state index in [4.69, 9.17) is 4.74 Å². The molecule has 1 saturated heterocycles. The molecule has 1 saturated carbocycles. The Morgan fingerprint density at radius 2 is 2.20 bits per heavy atom. The smallest absolute Gasteiger partial charge is 0.0710 e. The standard InChI is InChI=1S/C12H24N2O/c1-13-12-5-3-4-10(12)8-14-7-6-11(9-14)15-2/h10-13H,3-9H2,1-2H3. The average Bonchev–Trinajstić information content (AvgIpc) is 2.87. The summed E-state index contributed by atoms with van der Waals surface area (Å²) in [6.45, 7) is 3.64. The van der Waals surface area contributed by atoms with Crippen LogP contribution in [0.2, 0.25) is 0 Å². The Balaban J connectivity index is 1.77. The first-order chi connectivity index (χ1) is 7.33. The first-order valence-corrected chi connectivity index (χ1v) is 6.26. The number of ether oxygens (including phenoxy) is 1. The number of methoxy groups -OCH3 is 1. The Labute approximate surface area is 93.2 Å². The quantitative estimate of drug-likeness (QED) is 0.755. The molecule has 3 unspecified atom stereocenters. The second-order valence-corrected chi connectivity index (χ2v) is 4.99. The minimum absolute atomic E-state index is 0.486. The SMILES string of the molecule is CNC1CCCC1CN1CCC(OC)C1. The molecule has 88 valence electrons. The lowest BCUT2D eigenvalue weighted by molar-refractivity contribution is 0.105. The molecule has 0 spiro atoms. The van der Waals surface area contributed by atoms with Crippen LogP contribution in [0.5, 0.6) is 0 Å². The number of likely N-dealkylation sites (tertiary alicyclic amines) is 1. The normalized spacial score (nSPS) is 37.6. The van der Waals surface area contributed by atoms with Gasteiger partial charge in [-0.05, 0) is 32.2 Å². The van der Waals surface area contributed by atoms with Crippen LogP contribution >= 0.6 is 0 Å². The fourth-order valence-corrected chi connectivity index (χ4v) is 3.12. The highest BCUT2D eigenvalue weighted by Crippen LogP contribution is 2.27. The van der Waals surface area contributed by atoms with Crippen molar-refractivity contribution in [3.05, 3.63) is 0 Å². The molecule has 3 heteroatoms. The van der Waals surface area contributed by atoms with E-state index < -0.39 is 0 Å². The average molecular weight is 212 g/mol. The van der Waals surface area contributed by atoms with Gasteiger partial charge in [0.25, 0.3) is 0 Å². The maximum absolute atomic E-state index is 5.40. The summed E-state index contributed by atoms with van der Waals surface area (Å²) in [5, 5.41) is 3.46. The van der Waals surface area contributed by atoms with Gasteiger partial charge < -0.3 is 15.0 Å². The van der Waals surface area contributed by atoms with Crippen LogP contribution in [0.1, 0.15) is 25.7 Å². The molecule has 2 aliphatic rings. The maximum Gasteiger partial charge on any atom is 0.0710 e. The van der Waals surface area contributed by atoms with Crippen LogP contribution in [0, 0.1) is 5.92 Å². The monoisotopic (exact) mass is 212 g/mol. The molecule has 2 rings (SSSR count). The molecule has 0 radical (unpaired) electrons. The Kier molecular flexibility index (Phi) is 4.00. The summed E-state index contributed by atoms with van der Waals surface area (Å²) >= 11 is 0. The Morgan fingerprint density at radius 3 is 2.87 bits per heavy atom. The van der Waals surface area contributed by atoms with E-state index in [9.17, 15) is 0 Å². The first-order valence-electron chi connectivity index (χ1n) is 6.26. The van der Waals surface area contributed by atoms with Crippen molar-refractivity contribution in [3.63, 3.8) is 0 Å². The van der Waals surface area contributed by atoms with Crippen molar-refractivity contribution in [2.45, 2.75) is 37.8 Å². The van der Waals surface area contributed by atoms with Gasteiger partial charge in [0.05, 0.1) is 6.10 Å². The summed E-state index contributed by atoms with van der Waals surface area (Å²) in [5.41, 5.74) is 0. The molecular weight excluding hydrogens is 188 g/mol. The molecule has 0 aromatic carbocycles. The molecule has 0 amide bonds. The van der Waals surface area contributed by atoms with Crippen LogP contribution in [0.4, 0.5) is 0 Å². The molecule has 15 heavy (non-hydrogen) atoms. The van der Waals surface area contributed by atoms with Crippen LogP contribution in [0.25, 0.3) is 0 Å². The molecule has 0 aromatic heterocycles. The molecule has 0 bridgehead atoms. The minimum atomic E-state index is 0.486. The molecule has 1 N–H and O–H groups in total. The molecule has 1 aliphatic heterocycles. The van der Waals surface area contributed by atoms with Crippen LogP contribution in [0.3, 0.4) is 0 Å². The van der Waals surface area contributed by atoms with Crippen LogP contribution in [-0.4, -0.2) is 50.8 Å². The largest absolute Gasteiger partial charge is 0.380 e. The molecular formula is C12H24N2O. The van der Waals surface area contributed by atoms with Crippen molar-refractivity contribution >= 4 is 0 Å². The zero-order valence-corrected chi connectivity index (χ0v) is 10.0. The van der Waals surface area contributed by atoms with Crippen molar-refractivity contribution in [3.8, 4) is 0 Å². The van der Waals surface area contributed by atoms with Crippen molar-refractivity contribution in [1.82, 2.24) is 10.2 Å². The zero-order valence-electron chi connectivity index (χ0n) is 10.0. The van der Waals surface area contributed by atoms with Gasteiger partial charge in [0, 0.05) is 32.8 Å². The zero-order chi connectivity index (χ0) is 10.7. The third-order valence-electron chi connectivity index (χ3n) is 4.09. The number of rotatable bonds is 4. The molecule has 2 fully saturated rings. The highest BCUT2D eigenvalue weighted by atomic mass is 16.5. The van der Waals surface area contributed by atoms with Gasteiger partial charge in [-0.3, -0.25) is 0 Å². The van der Waals surface area contributed by atoms with E-state index in [-0.39, 0.29) is 0 Å². The second kappa shape index (κ2) is 5.28. The molecule has 1 heterocycles. The van der Waals surface area contributed by atoms with E-state index in [1.54, 1.807) is 0 Å². The van der Waals surface area contributed by atoms with E-state index in [0.717, 1.165) is 18.5 Å². The van der Waals surface area contributed by atoms with Crippen LogP contribution in [-0.2, 0) is 4.74 Å². The predicted molar refractivity (Wildman–Crippen MR) is 62.0 cm³/mol. The van der Waals surface area contributed by atoms with Crippen LogP contribution in [0.15, 0.2) is 0 Å². The van der Waals surface area contributed by atoms with Crippen LogP contribution < -0.4 is 5.32 Å². The predicted octanol–water partition coefficient (Wildman–Crippen LogP) is 1.10. The van der Waals surface area contributed by atoms with E-state index in [1.807, 2.05) is 7.11 Å². The minimum Gasteiger partial charge on any atom is -0.380 e. The summed E-state index contributed by atoms with van der Waals surface area (Å²) < 4.78 is 5.40. The van der Waals surface area contributed by atoms with Gasteiger partial charge in [0.15, 0.2) is 0 Å². The van der Waals surface area contributed by atoms with E-state index in [1.165, 1.54) is 38.8 Å². The van der Waals surface area contributed by atoms with Gasteiger partial charge >= 0.3 is 0 Å². The number of hydrogen-bond donors (Lipinski definition) is 1. The van der Waals surface area contributed by atoms with Gasteiger partial charge in [0.2, 0.25) is 0 Å². The molecule has 0 aromatic rings. The molecule has 1 aliphatic carbocycles. The number of hydrogen-bond acceptors (Lipinski definition) is 3. The molecule has 3 nitrogen and oxygen atoms in total. The Bertz CT molecular complexity index is 198. The van der Waals surface area contributed by atoms with E-state index in [0.29, 0.717) is 6.10 Å². The van der Waals surface area contributed by atoms with Crippen molar-refractivity contribution in [1.29, 1.82) is 0 Å². The third-order valence-corrected chi connectivity index (χ3v) is 4.09. The maximum atomic E-state index is 5.40. The Morgan fingerprint density at radius 1 is 1.33 bits per heavy atom. The van der Waals surface area contributed by atoms with Crippen molar-refractivity contribution in [2.24, 2.45) is 5.92 Å². The van der Waals surface area contributed by atoms with Gasteiger partial charge in [-0.15, -0.1) is 0 Å². The first kappa shape index (κ1) is 11.4. The van der Waals surface area contributed by atoms with Crippen molar-refractivity contribution in [2.75, 3.05) is 33.8 Å². The van der Waals surface area contributed by atoms with Crippen molar-refractivity contribution < 1.29 is 4.74 Å². The summed E-state index contributed by atoms with van der Waals surface area (Å²) in [6.07, 6.45) is 5.87. The van der Waals surface area contributed by atoms with Gasteiger partial charge in [-0.25, -0.2) is 0 Å². The second-order valence-electron chi connectivity index (χ2n) is 4.99. The lowest BCUT2D eigenvalue weighted by atomic mass is 10.0. The fourth-order valence-electron chi connectivity index (χ4n) is 3.12. The Hall–Kier alpha value is -0.120. The third kappa shape index (κ3) is 2.71. The fraction of sp³-hybridized carbons (Fsp3) is 1.00. The summed E-state index contributed by atoms with van der Waals surface area (Å²) in [6, 6.07) is 0.756. The highest BCUT2D eigenvalue weighted by Gasteiger charge is 2.30. The van der Waals surface area contributed by atoms with E-state index >= 15 is 0 Å². The van der Waals surface area contributed by atoms with E-state index in [2.05, 4.69) is 17.3 Å². The van der Waals surface area contributed by atoms with Gasteiger partial charge in [0.1, 0.15) is 0 Å². The van der Waals surface area contributed by atoms with Gasteiger partial charge in [-0.1, -0.05) is 6.42 Å². The summed E-state index contributed by atoms with van der Waals surface area (Å²) in [7, 11) is 3.94. The topological polar surface area (TPSA) is 24.5 Å².